The van der Waals surface area contributed by atoms with Gasteiger partial charge in [0.1, 0.15) is 23.2 Å². The molecule has 0 saturated carbocycles. The Morgan fingerprint density at radius 2 is 1.10 bits per heavy atom. The molecule has 2 aliphatic rings. The number of rotatable bonds is 11. The molecule has 0 spiro atoms. The summed E-state index contributed by atoms with van der Waals surface area (Å²) in [5.41, 5.74) is -0.342. The maximum atomic E-state index is 14.7. The quantitative estimate of drug-likeness (QED) is 0.182. The molecule has 67 heavy (non-hydrogen) atoms. The van der Waals surface area contributed by atoms with Crippen molar-refractivity contribution in [3.8, 4) is 28.7 Å². The van der Waals surface area contributed by atoms with E-state index in [4.69, 9.17) is 18.9 Å². The van der Waals surface area contributed by atoms with E-state index < -0.39 is 46.0 Å². The average Bonchev–Trinajstić information content (AvgIpc) is 3.73. The fourth-order valence-electron chi connectivity index (χ4n) is 9.64. The fraction of sp³-hybridized carbons (Fsp3) is 0.304. The minimum absolute atomic E-state index is 0.00361. The van der Waals surface area contributed by atoms with E-state index in [2.05, 4.69) is 9.97 Å². The largest absolute Gasteiger partial charge is 0.507 e. The van der Waals surface area contributed by atoms with Crippen LogP contribution in [0.15, 0.2) is 101 Å². The summed E-state index contributed by atoms with van der Waals surface area (Å²) >= 11 is 0. The average molecular weight is 913 g/mol. The summed E-state index contributed by atoms with van der Waals surface area (Å²) in [6, 6.07) is 14.9. The van der Waals surface area contributed by atoms with E-state index >= 15 is 0 Å². The van der Waals surface area contributed by atoms with Crippen molar-refractivity contribution in [1.82, 2.24) is 47.0 Å². The first kappa shape index (κ1) is 42.6. The van der Waals surface area contributed by atoms with Gasteiger partial charge in [0, 0.05) is 69.7 Å². The molecule has 0 saturated heterocycles. The van der Waals surface area contributed by atoms with Crippen LogP contribution in [0.4, 0.5) is 0 Å². The summed E-state index contributed by atoms with van der Waals surface area (Å²) < 4.78 is 31.8. The number of ether oxygens (including phenoxy) is 4. The van der Waals surface area contributed by atoms with Crippen molar-refractivity contribution in [2.24, 2.45) is 14.1 Å². The summed E-state index contributed by atoms with van der Waals surface area (Å²) in [4.78, 5) is 94.5. The lowest BCUT2D eigenvalue weighted by Gasteiger charge is -2.38. The molecular formula is C46H44N10O11. The zero-order valence-corrected chi connectivity index (χ0v) is 37.3. The van der Waals surface area contributed by atoms with E-state index in [0.717, 1.165) is 9.13 Å². The predicted molar refractivity (Wildman–Crippen MR) is 244 cm³/mol. The topological polar surface area (TPSA) is 225 Å². The molecule has 1 N–H and O–H groups in total. The third-order valence-corrected chi connectivity index (χ3v) is 13.0. The van der Waals surface area contributed by atoms with Crippen molar-refractivity contribution >= 4 is 32.8 Å². The van der Waals surface area contributed by atoms with Crippen LogP contribution < -0.4 is 52.8 Å². The van der Waals surface area contributed by atoms with Crippen molar-refractivity contribution in [2.45, 2.75) is 51.1 Å². The Morgan fingerprint density at radius 1 is 0.612 bits per heavy atom. The normalized spacial score (nSPS) is 15.3. The molecule has 10 rings (SSSR count). The minimum Gasteiger partial charge on any atom is -0.507 e. The fourth-order valence-corrected chi connectivity index (χ4v) is 9.64. The number of phenols is 1. The third kappa shape index (κ3) is 6.43. The van der Waals surface area contributed by atoms with Crippen LogP contribution in [0.1, 0.15) is 29.0 Å². The van der Waals surface area contributed by atoms with E-state index in [9.17, 15) is 33.9 Å². The number of benzene rings is 4. The van der Waals surface area contributed by atoms with Gasteiger partial charge in [-0.15, -0.1) is 0 Å². The second-order valence-corrected chi connectivity index (χ2v) is 16.4. The first-order chi connectivity index (χ1) is 32.3. The summed E-state index contributed by atoms with van der Waals surface area (Å²) in [6.07, 6.45) is 1.63. The van der Waals surface area contributed by atoms with Crippen LogP contribution in [0, 0.1) is 0 Å². The Labute approximate surface area is 377 Å². The molecule has 0 amide bonds. The molecule has 4 aromatic heterocycles. The second-order valence-electron chi connectivity index (χ2n) is 16.4. The summed E-state index contributed by atoms with van der Waals surface area (Å²) in [5.74, 6) is 1.64. The molecule has 2 atom stereocenters. The smallest absolute Gasteiger partial charge is 0.348 e. The molecule has 8 aromatic rings. The van der Waals surface area contributed by atoms with Crippen molar-refractivity contribution in [3.05, 3.63) is 152 Å². The molecule has 2 aliphatic heterocycles. The van der Waals surface area contributed by atoms with E-state index in [1.54, 1.807) is 74.8 Å². The van der Waals surface area contributed by atoms with Gasteiger partial charge in [-0.05, 0) is 22.6 Å². The van der Waals surface area contributed by atoms with Crippen LogP contribution in [0.25, 0.3) is 32.8 Å². The number of fused-ring (bicyclic) bond motifs is 7. The van der Waals surface area contributed by atoms with Crippen LogP contribution in [-0.4, -0.2) is 80.5 Å². The Morgan fingerprint density at radius 3 is 1.64 bits per heavy atom. The lowest BCUT2D eigenvalue weighted by Crippen LogP contribution is -2.47. The molecule has 0 aliphatic carbocycles. The van der Waals surface area contributed by atoms with Crippen LogP contribution in [0.5, 0.6) is 28.7 Å². The molecule has 0 fully saturated rings. The SMILES string of the molecule is COc1cc2nc(CCn3c(=O)n4n(c3=O)[C@@H]3Cn5c(=O)n(CCc6nc7cc(OC)c(OC)cc7n(C)c6=O)c(=O)n5[C@@H](c5ccc(O)c6ccccc56)C3=CC4)c(=O)n(C)c2cc1OC. The predicted octanol–water partition coefficient (Wildman–Crippen LogP) is 1.59. The lowest BCUT2D eigenvalue weighted by molar-refractivity contribution is 0.246. The van der Waals surface area contributed by atoms with Crippen molar-refractivity contribution in [1.29, 1.82) is 0 Å². The second kappa shape index (κ2) is 16.0. The van der Waals surface area contributed by atoms with Gasteiger partial charge in [0.05, 0.1) is 69.6 Å². The number of aryl methyl sites for hydroxylation is 4. The summed E-state index contributed by atoms with van der Waals surface area (Å²) in [6.45, 7) is -0.672. The zero-order valence-electron chi connectivity index (χ0n) is 37.3. The van der Waals surface area contributed by atoms with Gasteiger partial charge in [0.15, 0.2) is 23.0 Å². The number of phenolic OH excluding ortho intramolecular Hbond substituents is 1. The monoisotopic (exact) mass is 912 g/mol. The lowest BCUT2D eigenvalue weighted by atomic mass is 9.87. The first-order valence-electron chi connectivity index (χ1n) is 21.3. The number of hydrogen-bond donors (Lipinski definition) is 1. The molecule has 0 unspecified atom stereocenters. The van der Waals surface area contributed by atoms with Gasteiger partial charge in [-0.3, -0.25) is 9.59 Å². The van der Waals surface area contributed by atoms with Gasteiger partial charge in [0.25, 0.3) is 11.1 Å². The van der Waals surface area contributed by atoms with Crippen molar-refractivity contribution < 1.29 is 24.1 Å². The highest BCUT2D eigenvalue weighted by Gasteiger charge is 2.42. The molecule has 4 aromatic carbocycles. The number of nitrogens with zero attached hydrogens (tertiary/aromatic N) is 10. The van der Waals surface area contributed by atoms with Gasteiger partial charge < -0.3 is 33.2 Å². The first-order valence-corrected chi connectivity index (χ1v) is 21.3. The number of allylic oxidation sites excluding steroid dienone is 2. The minimum atomic E-state index is -0.987. The maximum absolute atomic E-state index is 14.7. The molecule has 21 heteroatoms. The number of hydrogen-bond acceptors (Lipinski definition) is 13. The highest BCUT2D eigenvalue weighted by molar-refractivity contribution is 5.91. The Hall–Kier alpha value is -8.36. The van der Waals surface area contributed by atoms with E-state index in [0.29, 0.717) is 67.0 Å². The maximum Gasteiger partial charge on any atom is 0.348 e. The highest BCUT2D eigenvalue weighted by atomic mass is 16.5. The van der Waals surface area contributed by atoms with Crippen LogP contribution in [0.3, 0.4) is 0 Å². The van der Waals surface area contributed by atoms with Gasteiger partial charge in [0.2, 0.25) is 0 Å². The Kier molecular flexibility index (Phi) is 10.1. The van der Waals surface area contributed by atoms with Crippen LogP contribution in [-0.2, 0) is 53.1 Å². The van der Waals surface area contributed by atoms with Gasteiger partial charge >= 0.3 is 22.8 Å². The molecule has 6 heterocycles. The van der Waals surface area contributed by atoms with Gasteiger partial charge in [-0.2, -0.15) is 0 Å². The van der Waals surface area contributed by atoms with Gasteiger partial charge in [-0.1, -0.05) is 36.4 Å². The van der Waals surface area contributed by atoms with Gasteiger partial charge in [-0.25, -0.2) is 57.0 Å². The highest BCUT2D eigenvalue weighted by Crippen LogP contribution is 2.42. The van der Waals surface area contributed by atoms with E-state index in [1.807, 2.05) is 0 Å². The Bertz CT molecular complexity index is 3800. The van der Waals surface area contributed by atoms with E-state index in [-0.39, 0.29) is 56.2 Å². The summed E-state index contributed by atoms with van der Waals surface area (Å²) in [7, 11) is 9.13. The third-order valence-electron chi connectivity index (χ3n) is 13.0. The molecule has 0 radical (unpaired) electrons. The van der Waals surface area contributed by atoms with E-state index in [1.165, 1.54) is 62.4 Å². The van der Waals surface area contributed by atoms with Crippen molar-refractivity contribution in [2.75, 3.05) is 28.4 Å². The number of aromatic nitrogens is 10. The van der Waals surface area contributed by atoms with Crippen LogP contribution >= 0.6 is 0 Å². The Balaban J connectivity index is 1.06. The zero-order chi connectivity index (χ0) is 47.2. The molecular weight excluding hydrogens is 869 g/mol. The molecule has 344 valence electrons. The number of aromatic hydroxyl groups is 1. The summed E-state index contributed by atoms with van der Waals surface area (Å²) in [5, 5.41) is 12.0. The standard InChI is InChI=1S/C46H44N10O11/c1-49-32-21-38(66-5)36(64-3)19-30(32)47-28(41(49)58)14-16-51-43(60)53-18-13-27-34(55(53)45(51)62)23-54-44(61)52(46(63)56(54)40(27)26-11-12-35(57)25-10-8-7-9-24(25)26)17-15-29-42(59)50(2)33-22-39(67-6)37(65-4)20-31(33)48-29/h7-13,19-22,34,40,57H,14-18,23H2,1-6H3/t34-,40+/m1/s1. The van der Waals surface area contributed by atoms with Crippen LogP contribution in [0.2, 0.25) is 0 Å². The molecule has 21 nitrogen and oxygen atoms in total. The number of methoxy groups -OCH3 is 4. The van der Waals surface area contributed by atoms with Crippen molar-refractivity contribution in [3.63, 3.8) is 0 Å². The molecule has 0 bridgehead atoms.